The largest absolute Gasteiger partial charge is 0.497 e. The zero-order chi connectivity index (χ0) is 26.1. The summed E-state index contributed by atoms with van der Waals surface area (Å²) in [6, 6.07) is 13.0. The third kappa shape index (κ3) is 6.67. The number of hydrogen-bond donors (Lipinski definition) is 1. The summed E-state index contributed by atoms with van der Waals surface area (Å²) < 4.78 is 33.6. The highest BCUT2D eigenvalue weighted by Gasteiger charge is 2.23. The molecule has 3 rings (SSSR count). The molecule has 0 amide bonds. The first-order chi connectivity index (χ1) is 17.4. The molecule has 3 aromatic rings. The summed E-state index contributed by atoms with van der Waals surface area (Å²) >= 11 is 0. The Balaban J connectivity index is 2.06. The first kappa shape index (κ1) is 26.8. The van der Waals surface area contributed by atoms with Crippen molar-refractivity contribution in [2.45, 2.75) is 26.3 Å². The molecule has 0 saturated carbocycles. The van der Waals surface area contributed by atoms with Gasteiger partial charge in [-0.2, -0.15) is 5.10 Å². The van der Waals surface area contributed by atoms with E-state index in [2.05, 4.69) is 19.2 Å². The van der Waals surface area contributed by atoms with Gasteiger partial charge in [0.25, 0.3) is 0 Å². The van der Waals surface area contributed by atoms with Crippen molar-refractivity contribution in [2.75, 3.05) is 47.3 Å². The van der Waals surface area contributed by atoms with E-state index in [1.54, 1.807) is 19.2 Å². The van der Waals surface area contributed by atoms with Crippen LogP contribution in [0.3, 0.4) is 0 Å². The van der Waals surface area contributed by atoms with Crippen LogP contribution < -0.4 is 19.5 Å². The Morgan fingerprint density at radius 3 is 2.25 bits per heavy atom. The lowest BCUT2D eigenvalue weighted by Gasteiger charge is -2.18. The molecule has 0 aliphatic carbocycles. The number of nitrogens with zero attached hydrogens (tertiary/aromatic N) is 2. The summed E-state index contributed by atoms with van der Waals surface area (Å²) in [6.45, 7) is 4.59. The molecule has 0 fully saturated rings. The minimum Gasteiger partial charge on any atom is -0.497 e. The van der Waals surface area contributed by atoms with E-state index >= 15 is 0 Å². The summed E-state index contributed by atoms with van der Waals surface area (Å²) in [5.74, 6) is 1.75. The van der Waals surface area contributed by atoms with Crippen LogP contribution in [0.1, 0.15) is 41.4 Å². The van der Waals surface area contributed by atoms with Crippen molar-refractivity contribution < 1.29 is 33.2 Å². The Morgan fingerprint density at radius 1 is 0.944 bits per heavy atom. The van der Waals surface area contributed by atoms with Crippen LogP contribution in [0, 0.1) is 0 Å². The number of nitrogens with one attached hydrogen (secondary N) is 1. The summed E-state index contributed by atoms with van der Waals surface area (Å²) in [5, 5.41) is 8.13. The molecule has 0 spiro atoms. The number of benzene rings is 2. The van der Waals surface area contributed by atoms with E-state index in [0.29, 0.717) is 23.8 Å². The minimum atomic E-state index is -0.577. The quantitative estimate of drug-likeness (QED) is 0.268. The molecule has 10 heteroatoms. The van der Waals surface area contributed by atoms with Gasteiger partial charge in [0.05, 0.1) is 32.1 Å². The number of ether oxygens (including phenoxy) is 6. The van der Waals surface area contributed by atoms with Gasteiger partial charge in [0, 0.05) is 32.4 Å². The van der Waals surface area contributed by atoms with Gasteiger partial charge >= 0.3 is 5.97 Å². The predicted octanol–water partition coefficient (Wildman–Crippen LogP) is 4.56. The van der Waals surface area contributed by atoms with Gasteiger partial charge in [0.2, 0.25) is 0 Å². The van der Waals surface area contributed by atoms with Gasteiger partial charge in [-0.15, -0.1) is 0 Å². The smallest absolute Gasteiger partial charge is 0.343 e. The van der Waals surface area contributed by atoms with Crippen molar-refractivity contribution in [1.29, 1.82) is 0 Å². The lowest BCUT2D eigenvalue weighted by Crippen LogP contribution is -2.13. The average molecular weight is 500 g/mol. The minimum absolute atomic E-state index is 0.0215. The number of aromatic nitrogens is 2. The fraction of sp³-hybridized carbons (Fsp3) is 0.385. The maximum Gasteiger partial charge on any atom is 0.343 e. The van der Waals surface area contributed by atoms with E-state index < -0.39 is 5.97 Å². The SMILES string of the molecule is COCOc1cc(Nc2cc(C(C)C)nn2Cc2ccc(OC)cc2)c(C(=O)OC)c(OCOC)c1. The number of methoxy groups -OCH3 is 4. The fourth-order valence-electron chi connectivity index (χ4n) is 3.43. The molecule has 36 heavy (non-hydrogen) atoms. The molecule has 2 aromatic carbocycles. The molecular weight excluding hydrogens is 466 g/mol. The van der Waals surface area contributed by atoms with Gasteiger partial charge in [-0.3, -0.25) is 0 Å². The van der Waals surface area contributed by atoms with Gasteiger partial charge in [0.15, 0.2) is 13.6 Å². The third-order valence-electron chi connectivity index (χ3n) is 5.29. The summed E-state index contributed by atoms with van der Waals surface area (Å²) in [7, 11) is 5.96. The molecule has 1 aromatic heterocycles. The molecular formula is C26H33N3O7. The molecule has 0 bridgehead atoms. The Kier molecular flexibility index (Phi) is 9.54. The highest BCUT2D eigenvalue weighted by molar-refractivity contribution is 6.00. The van der Waals surface area contributed by atoms with Crippen LogP contribution in [-0.4, -0.2) is 57.8 Å². The van der Waals surface area contributed by atoms with Gasteiger partial charge < -0.3 is 33.7 Å². The van der Waals surface area contributed by atoms with E-state index in [-0.39, 0.29) is 30.8 Å². The first-order valence-corrected chi connectivity index (χ1v) is 11.4. The second-order valence-electron chi connectivity index (χ2n) is 8.18. The van der Waals surface area contributed by atoms with Crippen LogP contribution in [0.2, 0.25) is 0 Å². The highest BCUT2D eigenvalue weighted by Crippen LogP contribution is 2.36. The second kappa shape index (κ2) is 12.8. The Hall–Kier alpha value is -3.76. The molecule has 10 nitrogen and oxygen atoms in total. The summed E-state index contributed by atoms with van der Waals surface area (Å²) in [5.41, 5.74) is 2.55. The van der Waals surface area contributed by atoms with Crippen molar-refractivity contribution in [2.24, 2.45) is 0 Å². The van der Waals surface area contributed by atoms with Crippen LogP contribution in [-0.2, 0) is 20.8 Å². The monoisotopic (exact) mass is 499 g/mol. The molecule has 0 aliphatic rings. The lowest BCUT2D eigenvalue weighted by molar-refractivity contribution is 0.0436. The van der Waals surface area contributed by atoms with E-state index in [1.165, 1.54) is 21.3 Å². The van der Waals surface area contributed by atoms with Crippen LogP contribution in [0.4, 0.5) is 11.5 Å². The number of carbonyl (C=O) groups excluding carboxylic acids is 1. The average Bonchev–Trinajstić information content (AvgIpc) is 3.28. The van der Waals surface area contributed by atoms with Gasteiger partial charge in [-0.05, 0) is 23.6 Å². The highest BCUT2D eigenvalue weighted by atomic mass is 16.7. The normalized spacial score (nSPS) is 10.9. The van der Waals surface area contributed by atoms with Crippen LogP contribution in [0.5, 0.6) is 17.2 Å². The third-order valence-corrected chi connectivity index (χ3v) is 5.29. The standard InChI is InChI=1S/C26H33N3O7/c1-17(2)21-13-24(29(28-21)14-18-7-9-19(33-5)10-8-18)27-22-11-20(35-15-31-3)12-23(36-16-32-4)25(22)26(30)34-6/h7-13,17,27H,14-16H2,1-6H3. The maximum atomic E-state index is 12.8. The summed E-state index contributed by atoms with van der Waals surface area (Å²) in [4.78, 5) is 12.8. The zero-order valence-corrected chi connectivity index (χ0v) is 21.5. The molecule has 0 unspecified atom stereocenters. The molecule has 1 N–H and O–H groups in total. The Labute approximate surface area is 211 Å². The van der Waals surface area contributed by atoms with Crippen LogP contribution >= 0.6 is 0 Å². The number of rotatable bonds is 13. The van der Waals surface area contributed by atoms with Crippen LogP contribution in [0.25, 0.3) is 0 Å². The van der Waals surface area contributed by atoms with Crippen molar-refractivity contribution >= 4 is 17.5 Å². The number of anilines is 2. The lowest BCUT2D eigenvalue weighted by atomic mass is 10.1. The number of carbonyl (C=O) groups is 1. The van der Waals surface area contributed by atoms with E-state index in [0.717, 1.165) is 17.0 Å². The van der Waals surface area contributed by atoms with Crippen LogP contribution in [0.15, 0.2) is 42.5 Å². The summed E-state index contributed by atoms with van der Waals surface area (Å²) in [6.07, 6.45) is 0. The second-order valence-corrected chi connectivity index (χ2v) is 8.18. The molecule has 0 saturated heterocycles. The Morgan fingerprint density at radius 2 is 1.64 bits per heavy atom. The molecule has 0 atom stereocenters. The molecule has 194 valence electrons. The molecule has 1 heterocycles. The van der Waals surface area contributed by atoms with Crippen molar-refractivity contribution in [3.63, 3.8) is 0 Å². The maximum absolute atomic E-state index is 12.8. The van der Waals surface area contributed by atoms with Crippen molar-refractivity contribution in [3.8, 4) is 17.2 Å². The number of esters is 1. The number of hydrogen-bond acceptors (Lipinski definition) is 9. The van der Waals surface area contributed by atoms with E-state index in [9.17, 15) is 4.79 Å². The van der Waals surface area contributed by atoms with Gasteiger partial charge in [-0.25, -0.2) is 9.48 Å². The topological polar surface area (TPSA) is 102 Å². The molecule has 0 radical (unpaired) electrons. The van der Waals surface area contributed by atoms with Gasteiger partial charge in [-0.1, -0.05) is 26.0 Å². The Bertz CT molecular complexity index is 1140. The van der Waals surface area contributed by atoms with E-state index in [1.807, 2.05) is 35.0 Å². The zero-order valence-electron chi connectivity index (χ0n) is 21.5. The fourth-order valence-corrected chi connectivity index (χ4v) is 3.43. The van der Waals surface area contributed by atoms with Crippen molar-refractivity contribution in [1.82, 2.24) is 9.78 Å². The van der Waals surface area contributed by atoms with E-state index in [4.69, 9.17) is 33.5 Å². The molecule has 0 aliphatic heterocycles. The van der Waals surface area contributed by atoms with Gasteiger partial charge in [0.1, 0.15) is 28.6 Å². The van der Waals surface area contributed by atoms with Crippen molar-refractivity contribution in [3.05, 3.63) is 59.3 Å². The first-order valence-electron chi connectivity index (χ1n) is 11.4. The predicted molar refractivity (Wildman–Crippen MR) is 134 cm³/mol.